The Bertz CT molecular complexity index is 143. The summed E-state index contributed by atoms with van der Waals surface area (Å²) in [4.78, 5) is 0. The molecule has 9 heavy (non-hydrogen) atoms. The first-order valence-corrected chi connectivity index (χ1v) is 2.11. The Balaban J connectivity index is 0. The van der Waals surface area contributed by atoms with Gasteiger partial charge in [-0.2, -0.15) is 30.3 Å². The molecule has 0 amide bonds. The van der Waals surface area contributed by atoms with Gasteiger partial charge in [0.15, 0.2) is 0 Å². The van der Waals surface area contributed by atoms with Gasteiger partial charge in [0.05, 0.1) is 0 Å². The van der Waals surface area contributed by atoms with Crippen molar-refractivity contribution in [1.82, 2.24) is 0 Å². The maximum absolute atomic E-state index is 5.33. The van der Waals surface area contributed by atoms with Crippen LogP contribution in [0.25, 0.3) is 0 Å². The summed E-state index contributed by atoms with van der Waals surface area (Å²) >= 11 is 0. The Morgan fingerprint density at radius 3 is 2.33 bits per heavy atom. The number of rotatable bonds is 0. The van der Waals surface area contributed by atoms with Crippen molar-refractivity contribution in [2.45, 2.75) is 0 Å². The van der Waals surface area contributed by atoms with Crippen molar-refractivity contribution in [1.29, 1.82) is 0 Å². The minimum atomic E-state index is 0. The van der Waals surface area contributed by atoms with E-state index in [1.54, 1.807) is 6.07 Å². The third-order valence-corrected chi connectivity index (χ3v) is 0.731. The molecule has 0 aliphatic heterocycles. The van der Waals surface area contributed by atoms with Crippen LogP contribution in [0.3, 0.4) is 0 Å². The van der Waals surface area contributed by atoms with E-state index in [0.717, 1.165) is 5.69 Å². The Morgan fingerprint density at radius 2 is 2.11 bits per heavy atom. The zero-order valence-corrected chi connectivity index (χ0v) is 7.14. The first-order valence-electron chi connectivity index (χ1n) is 2.11. The second-order valence-corrected chi connectivity index (χ2v) is 1.34. The van der Waals surface area contributed by atoms with Crippen molar-refractivity contribution in [3.8, 4) is 0 Å². The molecule has 0 heterocycles. The van der Waals surface area contributed by atoms with E-state index in [1.807, 2.05) is 18.2 Å². The Hall–Kier alpha value is 0.0762. The smallest absolute Gasteiger partial charge is 1.00 e. The Morgan fingerprint density at radius 1 is 1.44 bits per heavy atom. The zero-order chi connectivity index (χ0) is 5.11. The summed E-state index contributed by atoms with van der Waals surface area (Å²) in [7, 11) is 0. The molecule has 1 nitrogen and oxygen atoms in total. The van der Waals surface area contributed by atoms with Crippen LogP contribution in [0.5, 0.6) is 0 Å². The van der Waals surface area contributed by atoms with Gasteiger partial charge in [-0.25, -0.2) is 0 Å². The normalized spacial score (nSPS) is 6.67. The van der Waals surface area contributed by atoms with Crippen LogP contribution in [-0.4, -0.2) is 23.1 Å². The van der Waals surface area contributed by atoms with Gasteiger partial charge in [-0.15, -0.1) is 0 Å². The molecule has 2 N–H and O–H groups in total. The number of hydrogen-bond donors (Lipinski definition) is 1. The molecule has 1 aromatic rings. The quantitative estimate of drug-likeness (QED) is 0.252. The minimum absolute atomic E-state index is 0. The van der Waals surface area contributed by atoms with Gasteiger partial charge < -0.3 is 18.1 Å². The molecule has 44 valence electrons. The number of benzene rings is 1. The summed E-state index contributed by atoms with van der Waals surface area (Å²) < 4.78 is 0. The van der Waals surface area contributed by atoms with Crippen LogP contribution in [0.15, 0.2) is 24.3 Å². The van der Waals surface area contributed by atoms with E-state index in [2.05, 4.69) is 6.07 Å². The fourth-order valence-electron chi connectivity index (χ4n) is 0.407. The van der Waals surface area contributed by atoms with E-state index in [1.165, 1.54) is 0 Å². The summed E-state index contributed by atoms with van der Waals surface area (Å²) in [6.45, 7) is 0. The third-order valence-electron chi connectivity index (χ3n) is 0.731. The minimum Gasteiger partial charge on any atom is -1.00 e. The monoisotopic (exact) mass is 151 g/mol. The third kappa shape index (κ3) is 4.57. The number of hydrogen-bond acceptors (Lipinski definition) is 1. The van der Waals surface area contributed by atoms with E-state index < -0.39 is 0 Å². The van der Waals surface area contributed by atoms with Crippen LogP contribution in [0.4, 0.5) is 5.69 Å². The molecule has 0 fully saturated rings. The van der Waals surface area contributed by atoms with Gasteiger partial charge in [-0.05, 0) is 0 Å². The van der Waals surface area contributed by atoms with E-state index >= 15 is 0 Å². The van der Waals surface area contributed by atoms with Gasteiger partial charge >= 0.3 is 23.1 Å². The molecule has 1 rings (SSSR count). The van der Waals surface area contributed by atoms with Crippen molar-refractivity contribution in [2.24, 2.45) is 0 Å². The molecule has 0 spiro atoms. The second kappa shape index (κ2) is 6.20. The summed E-state index contributed by atoms with van der Waals surface area (Å²) in [5.74, 6) is 0. The van der Waals surface area contributed by atoms with Crippen LogP contribution >= 0.6 is 0 Å². The topological polar surface area (TPSA) is 26.0 Å². The first-order chi connectivity index (χ1) is 3.39. The second-order valence-electron chi connectivity index (χ2n) is 1.34. The molecule has 0 unspecified atom stereocenters. The predicted molar refractivity (Wildman–Crippen MR) is 35.4 cm³/mol. The number of halogens is 1. The summed E-state index contributed by atoms with van der Waals surface area (Å²) in [6.07, 6.45) is 0. The fraction of sp³-hybridized carbons (Fsp3) is 0. The molecule has 0 aliphatic rings. The zero-order valence-electron chi connectivity index (χ0n) is 4.97. The largest absolute Gasteiger partial charge is 2.00 e. The summed E-state index contributed by atoms with van der Waals surface area (Å²) in [6, 6.07) is 10.1. The van der Waals surface area contributed by atoms with Crippen LogP contribution in [0, 0.1) is 6.07 Å². The van der Waals surface area contributed by atoms with Crippen LogP contribution in [0.2, 0.25) is 0 Å². The number of nitrogens with two attached hydrogens (primary N) is 1. The van der Waals surface area contributed by atoms with Gasteiger partial charge in [0.1, 0.15) is 0 Å². The van der Waals surface area contributed by atoms with E-state index in [0.29, 0.717) is 0 Å². The molecule has 1 aromatic carbocycles. The van der Waals surface area contributed by atoms with Gasteiger partial charge in [-0.1, -0.05) is 5.69 Å². The Kier molecular flexibility index (Phi) is 8.14. The van der Waals surface area contributed by atoms with Gasteiger partial charge in [0.25, 0.3) is 0 Å². The van der Waals surface area contributed by atoms with Gasteiger partial charge in [-0.3, -0.25) is 0 Å². The molecule has 0 saturated heterocycles. The van der Waals surface area contributed by atoms with Gasteiger partial charge in [0, 0.05) is 0 Å². The molecular formula is C6H6ClMgN. The van der Waals surface area contributed by atoms with Crippen molar-refractivity contribution in [3.63, 3.8) is 0 Å². The van der Waals surface area contributed by atoms with Crippen molar-refractivity contribution in [2.75, 3.05) is 5.73 Å². The van der Waals surface area contributed by atoms with Crippen molar-refractivity contribution >= 4 is 28.7 Å². The molecular weight excluding hydrogens is 146 g/mol. The number of nitrogen functional groups attached to an aromatic ring is 1. The molecule has 0 saturated carbocycles. The van der Waals surface area contributed by atoms with E-state index in [-0.39, 0.29) is 35.5 Å². The van der Waals surface area contributed by atoms with E-state index in [9.17, 15) is 0 Å². The Labute approximate surface area is 77.2 Å². The molecule has 0 radical (unpaired) electrons. The molecule has 0 aliphatic carbocycles. The maximum atomic E-state index is 5.33. The van der Waals surface area contributed by atoms with Crippen LogP contribution in [-0.2, 0) is 0 Å². The molecule has 3 heteroatoms. The summed E-state index contributed by atoms with van der Waals surface area (Å²) in [5.41, 5.74) is 6.09. The first kappa shape index (κ1) is 11.8. The average Bonchev–Trinajstić information content (AvgIpc) is 1.69. The van der Waals surface area contributed by atoms with Crippen LogP contribution < -0.4 is 18.1 Å². The average molecular weight is 152 g/mol. The van der Waals surface area contributed by atoms with Crippen LogP contribution in [0.1, 0.15) is 0 Å². The fourth-order valence-corrected chi connectivity index (χ4v) is 0.407. The predicted octanol–water partition coefficient (Wildman–Crippen LogP) is -2.31. The molecule has 0 atom stereocenters. The number of anilines is 1. The standard InChI is InChI=1S/C6H6N.ClH.Mg/c7-6-4-2-1-3-5-6;;/h1-2,4-5H,7H2;1H;/q-1;;+2/p-1. The SMILES string of the molecule is Nc1c[c-]ccc1.[Cl-].[Mg+2]. The van der Waals surface area contributed by atoms with Crippen molar-refractivity contribution in [3.05, 3.63) is 30.3 Å². The molecule has 0 bridgehead atoms. The molecule has 0 aromatic heterocycles. The van der Waals surface area contributed by atoms with E-state index in [4.69, 9.17) is 5.73 Å². The maximum Gasteiger partial charge on any atom is 2.00 e. The van der Waals surface area contributed by atoms with Gasteiger partial charge in [0.2, 0.25) is 0 Å². The summed E-state index contributed by atoms with van der Waals surface area (Å²) in [5, 5.41) is 0. The van der Waals surface area contributed by atoms with Crippen molar-refractivity contribution < 1.29 is 12.4 Å².